The van der Waals surface area contributed by atoms with E-state index in [1.807, 2.05) is 6.07 Å². The predicted octanol–water partition coefficient (Wildman–Crippen LogP) is 4.70. The average Bonchev–Trinajstić information content (AvgIpc) is 3.17. The Morgan fingerprint density at radius 3 is 2.40 bits per heavy atom. The Morgan fingerprint density at radius 2 is 1.80 bits per heavy atom. The molecule has 0 radical (unpaired) electrons. The fraction of sp³-hybridized carbons (Fsp3) is 0.308. The normalized spacial score (nSPS) is 10.8. The van der Waals surface area contributed by atoms with E-state index in [1.54, 1.807) is 45.0 Å². The first-order valence-electron chi connectivity index (χ1n) is 10.8. The monoisotopic (exact) mass is 497 g/mol. The summed E-state index contributed by atoms with van der Waals surface area (Å²) in [5.41, 5.74) is 0.969. The van der Waals surface area contributed by atoms with Crippen molar-refractivity contribution in [2.75, 3.05) is 26.9 Å². The zero-order chi connectivity index (χ0) is 26.0. The number of nitrogens with zero attached hydrogens (tertiary/aromatic N) is 1. The Hall–Kier alpha value is -3.90. The number of Topliss-reactive ketones (excluding diaryl/α,β-unsaturated/α-hetero) is 1. The van der Waals surface area contributed by atoms with Gasteiger partial charge in [0.1, 0.15) is 17.6 Å². The molecule has 0 unspecified atom stereocenters. The van der Waals surface area contributed by atoms with Crippen molar-refractivity contribution >= 4 is 35.1 Å². The molecule has 1 heterocycles. The number of carbonyl (C=O) groups excluding carboxylic acids is 3. The zero-order valence-electron chi connectivity index (χ0n) is 20.1. The lowest BCUT2D eigenvalue weighted by Gasteiger charge is -2.10. The van der Waals surface area contributed by atoms with Crippen molar-refractivity contribution < 1.29 is 33.3 Å². The summed E-state index contributed by atoms with van der Waals surface area (Å²) >= 11 is 0.989. The molecular formula is C26H27NO7S. The van der Waals surface area contributed by atoms with Crippen molar-refractivity contribution in [1.29, 1.82) is 5.26 Å². The van der Waals surface area contributed by atoms with E-state index in [1.165, 1.54) is 13.2 Å². The highest BCUT2D eigenvalue weighted by atomic mass is 32.1. The first-order valence-corrected chi connectivity index (χ1v) is 11.7. The maximum Gasteiger partial charge on any atom is 0.348 e. The minimum atomic E-state index is -0.637. The molecule has 9 heteroatoms. The predicted molar refractivity (Wildman–Crippen MR) is 132 cm³/mol. The fourth-order valence-electron chi connectivity index (χ4n) is 3.18. The van der Waals surface area contributed by atoms with Crippen LogP contribution in [0, 0.1) is 18.3 Å². The minimum absolute atomic E-state index is 0.120. The highest BCUT2D eigenvalue weighted by Crippen LogP contribution is 2.32. The van der Waals surface area contributed by atoms with Crippen LogP contribution in [0.1, 0.15) is 49.9 Å². The van der Waals surface area contributed by atoms with E-state index in [0.29, 0.717) is 34.1 Å². The second kappa shape index (κ2) is 13.1. The fourth-order valence-corrected chi connectivity index (χ4v) is 4.37. The molecule has 0 fully saturated rings. The highest BCUT2D eigenvalue weighted by molar-refractivity contribution is 7.14. The van der Waals surface area contributed by atoms with Gasteiger partial charge in [-0.15, -0.1) is 11.3 Å². The summed E-state index contributed by atoms with van der Waals surface area (Å²) in [6.45, 7) is 9.14. The number of nitriles is 1. The van der Waals surface area contributed by atoms with Crippen molar-refractivity contribution in [2.45, 2.75) is 27.2 Å². The van der Waals surface area contributed by atoms with E-state index in [-0.39, 0.29) is 35.6 Å². The number of esters is 2. The molecule has 2 aromatic rings. The summed E-state index contributed by atoms with van der Waals surface area (Å²) < 4.78 is 21.0. The van der Waals surface area contributed by atoms with Crippen LogP contribution in [0.25, 0.3) is 6.08 Å². The van der Waals surface area contributed by atoms with Gasteiger partial charge < -0.3 is 18.9 Å². The van der Waals surface area contributed by atoms with Crippen LogP contribution < -0.4 is 9.47 Å². The van der Waals surface area contributed by atoms with Gasteiger partial charge in [0.15, 0.2) is 17.3 Å². The molecule has 0 aliphatic rings. The Labute approximate surface area is 208 Å². The second-order valence-electron chi connectivity index (χ2n) is 7.08. The van der Waals surface area contributed by atoms with E-state index in [2.05, 4.69) is 6.58 Å². The van der Waals surface area contributed by atoms with E-state index >= 15 is 0 Å². The molecule has 0 atom stereocenters. The number of methoxy groups -OCH3 is 1. The highest BCUT2D eigenvalue weighted by Gasteiger charge is 2.28. The molecule has 0 saturated heterocycles. The van der Waals surface area contributed by atoms with Gasteiger partial charge in [-0.2, -0.15) is 5.26 Å². The molecule has 0 saturated carbocycles. The van der Waals surface area contributed by atoms with Gasteiger partial charge in [-0.25, -0.2) is 9.59 Å². The van der Waals surface area contributed by atoms with Crippen LogP contribution in [0.4, 0.5) is 0 Å². The quantitative estimate of drug-likeness (QED) is 0.179. The molecule has 0 N–H and O–H groups in total. The molecular weight excluding hydrogens is 470 g/mol. The maximum absolute atomic E-state index is 13.0. The van der Waals surface area contributed by atoms with Crippen LogP contribution in [-0.4, -0.2) is 44.7 Å². The SMILES string of the molecule is C=CCOc1ccc(/C=C(\C#N)C(=O)Cc2sc(C(=O)OCC)c(C)c2C(=O)OCC)cc1OC. The van der Waals surface area contributed by atoms with Crippen molar-refractivity contribution in [2.24, 2.45) is 0 Å². The summed E-state index contributed by atoms with van der Waals surface area (Å²) in [5.74, 6) is -0.805. The Morgan fingerprint density at radius 1 is 1.11 bits per heavy atom. The second-order valence-corrected chi connectivity index (χ2v) is 8.18. The summed E-state index contributed by atoms with van der Waals surface area (Å²) in [7, 11) is 1.48. The minimum Gasteiger partial charge on any atom is -0.493 e. The number of ketones is 1. The lowest BCUT2D eigenvalue weighted by Crippen LogP contribution is -2.12. The smallest absolute Gasteiger partial charge is 0.348 e. The molecule has 0 aliphatic carbocycles. The molecule has 1 aromatic heterocycles. The van der Waals surface area contributed by atoms with Crippen molar-refractivity contribution in [3.63, 3.8) is 0 Å². The van der Waals surface area contributed by atoms with Gasteiger partial charge in [0.25, 0.3) is 0 Å². The van der Waals surface area contributed by atoms with Gasteiger partial charge in [0.2, 0.25) is 0 Å². The first-order chi connectivity index (χ1) is 16.8. The van der Waals surface area contributed by atoms with E-state index in [0.717, 1.165) is 11.3 Å². The van der Waals surface area contributed by atoms with Gasteiger partial charge >= 0.3 is 11.9 Å². The number of hydrogen-bond acceptors (Lipinski definition) is 9. The maximum atomic E-state index is 13.0. The number of benzene rings is 1. The molecule has 8 nitrogen and oxygen atoms in total. The lowest BCUT2D eigenvalue weighted by molar-refractivity contribution is -0.114. The zero-order valence-corrected chi connectivity index (χ0v) is 21.0. The average molecular weight is 498 g/mol. The van der Waals surface area contributed by atoms with Gasteiger partial charge in [0.05, 0.1) is 31.5 Å². The molecule has 1 aromatic carbocycles. The number of thiophene rings is 1. The standard InChI is InChI=1S/C26H27NO7S/c1-6-11-34-20-10-9-17(13-21(20)31-5)12-18(15-27)19(28)14-22-23(25(29)32-7-2)16(4)24(35-22)26(30)33-8-3/h6,9-10,12-13H,1,7-8,11,14H2,2-5H3/b18-12+. The van der Waals surface area contributed by atoms with Gasteiger partial charge in [-0.1, -0.05) is 18.7 Å². The number of carbonyl (C=O) groups is 3. The first kappa shape index (κ1) is 27.3. The molecule has 0 aliphatic heterocycles. The van der Waals surface area contributed by atoms with Crippen LogP contribution in [0.15, 0.2) is 36.4 Å². The third-order valence-electron chi connectivity index (χ3n) is 4.76. The van der Waals surface area contributed by atoms with Crippen molar-refractivity contribution in [1.82, 2.24) is 0 Å². The summed E-state index contributed by atoms with van der Waals surface area (Å²) in [6.07, 6.45) is 2.78. The topological polar surface area (TPSA) is 112 Å². The van der Waals surface area contributed by atoms with Crippen LogP contribution >= 0.6 is 11.3 Å². The van der Waals surface area contributed by atoms with Crippen LogP contribution in [0.5, 0.6) is 11.5 Å². The lowest BCUT2D eigenvalue weighted by atomic mass is 10.0. The van der Waals surface area contributed by atoms with E-state index < -0.39 is 17.7 Å². The largest absolute Gasteiger partial charge is 0.493 e. The van der Waals surface area contributed by atoms with Crippen LogP contribution in [0.3, 0.4) is 0 Å². The third-order valence-corrected chi connectivity index (χ3v) is 6.03. The van der Waals surface area contributed by atoms with E-state index in [4.69, 9.17) is 18.9 Å². The van der Waals surface area contributed by atoms with E-state index in [9.17, 15) is 19.6 Å². The molecule has 35 heavy (non-hydrogen) atoms. The molecule has 0 bridgehead atoms. The molecule has 0 spiro atoms. The Bertz CT molecular complexity index is 1190. The molecule has 2 rings (SSSR count). The van der Waals surface area contributed by atoms with Crippen molar-refractivity contribution in [3.05, 3.63) is 62.9 Å². The third kappa shape index (κ3) is 6.80. The Kier molecular flexibility index (Phi) is 10.2. The molecule has 0 amide bonds. The number of rotatable bonds is 12. The summed E-state index contributed by atoms with van der Waals surface area (Å²) in [6, 6.07) is 6.91. The Balaban J connectivity index is 2.41. The number of allylic oxidation sites excluding steroid dienone is 1. The van der Waals surface area contributed by atoms with Gasteiger partial charge in [0, 0.05) is 11.3 Å². The number of hydrogen-bond donors (Lipinski definition) is 0. The van der Waals surface area contributed by atoms with Gasteiger partial charge in [-0.05, 0) is 50.1 Å². The van der Waals surface area contributed by atoms with Crippen molar-refractivity contribution in [3.8, 4) is 17.6 Å². The van der Waals surface area contributed by atoms with Crippen LogP contribution in [0.2, 0.25) is 0 Å². The molecule has 184 valence electrons. The summed E-state index contributed by atoms with van der Waals surface area (Å²) in [5, 5.41) is 9.65. The van der Waals surface area contributed by atoms with Crippen LogP contribution in [-0.2, 0) is 20.7 Å². The van der Waals surface area contributed by atoms with Gasteiger partial charge in [-0.3, -0.25) is 4.79 Å². The summed E-state index contributed by atoms with van der Waals surface area (Å²) in [4.78, 5) is 38.5. The number of ether oxygens (including phenoxy) is 4.